The highest BCUT2D eigenvalue weighted by atomic mass is 19.1. The molecule has 0 nitrogen and oxygen atoms in total. The van der Waals surface area contributed by atoms with Crippen LogP contribution in [0.5, 0.6) is 0 Å². The molecule has 0 aliphatic carbocycles. The second kappa shape index (κ2) is 4.97. The molecule has 0 radical (unpaired) electrons. The van der Waals surface area contributed by atoms with Crippen LogP contribution in [0, 0.1) is 5.41 Å². The lowest BCUT2D eigenvalue weighted by Gasteiger charge is -2.30. The predicted molar refractivity (Wildman–Crippen MR) is 57.7 cm³/mol. The van der Waals surface area contributed by atoms with E-state index in [4.69, 9.17) is 0 Å². The van der Waals surface area contributed by atoms with Crippen LogP contribution in [0.4, 0.5) is 4.39 Å². The maximum Gasteiger partial charge on any atom is 0.108 e. The van der Waals surface area contributed by atoms with Crippen LogP contribution in [-0.2, 0) is 0 Å². The first kappa shape index (κ1) is 12.9. The molecule has 1 heteroatoms. The van der Waals surface area contributed by atoms with Crippen molar-refractivity contribution >= 4 is 0 Å². The van der Waals surface area contributed by atoms with Crippen molar-refractivity contribution in [2.24, 2.45) is 5.41 Å². The molecule has 0 unspecified atom stereocenters. The number of hydrogen-bond acceptors (Lipinski definition) is 0. The third-order valence-electron chi connectivity index (χ3n) is 3.69. The summed E-state index contributed by atoms with van der Waals surface area (Å²) in [5.74, 6) is 0. The highest BCUT2D eigenvalue weighted by Crippen LogP contribution is 2.35. The van der Waals surface area contributed by atoms with E-state index in [1.807, 2.05) is 6.92 Å². The maximum absolute atomic E-state index is 13.6. The molecule has 80 valence electrons. The Morgan fingerprint density at radius 2 is 1.31 bits per heavy atom. The standard InChI is InChI=1S/C12H25F/c1-6-11(4,7-2)9-10-12(5,13)8-3/h6-10H2,1-5H3/t12-/m0/s1. The number of rotatable bonds is 6. The van der Waals surface area contributed by atoms with E-state index in [2.05, 4.69) is 20.8 Å². The van der Waals surface area contributed by atoms with Crippen LogP contribution in [0.15, 0.2) is 0 Å². The van der Waals surface area contributed by atoms with Gasteiger partial charge in [0.05, 0.1) is 0 Å². The third-order valence-corrected chi connectivity index (χ3v) is 3.69. The van der Waals surface area contributed by atoms with E-state index in [1.165, 1.54) is 0 Å². The molecule has 0 amide bonds. The van der Waals surface area contributed by atoms with Crippen LogP contribution in [0.3, 0.4) is 0 Å². The lowest BCUT2D eigenvalue weighted by molar-refractivity contribution is 0.130. The quantitative estimate of drug-likeness (QED) is 0.565. The summed E-state index contributed by atoms with van der Waals surface area (Å²) in [5.41, 5.74) is -0.603. The second-order valence-corrected chi connectivity index (χ2v) is 4.78. The first-order valence-corrected chi connectivity index (χ1v) is 5.58. The first-order valence-electron chi connectivity index (χ1n) is 5.58. The predicted octanol–water partition coefficient (Wildman–Crippen LogP) is 4.73. The molecule has 0 fully saturated rings. The van der Waals surface area contributed by atoms with Gasteiger partial charge in [-0.2, -0.15) is 0 Å². The van der Waals surface area contributed by atoms with Crippen LogP contribution in [0.1, 0.15) is 66.7 Å². The van der Waals surface area contributed by atoms with E-state index < -0.39 is 5.67 Å². The molecule has 0 bridgehead atoms. The monoisotopic (exact) mass is 188 g/mol. The van der Waals surface area contributed by atoms with Crippen LogP contribution in [0.2, 0.25) is 0 Å². The van der Waals surface area contributed by atoms with Crippen molar-refractivity contribution in [3.05, 3.63) is 0 Å². The fourth-order valence-electron chi connectivity index (χ4n) is 1.34. The molecule has 0 aromatic rings. The number of hydrogen-bond donors (Lipinski definition) is 0. The molecule has 1 atom stereocenters. The summed E-state index contributed by atoms with van der Waals surface area (Å²) in [6.45, 7) is 10.3. The summed E-state index contributed by atoms with van der Waals surface area (Å²) >= 11 is 0. The molecule has 0 spiro atoms. The Balaban J connectivity index is 3.99. The average molecular weight is 188 g/mol. The molecule has 0 aliphatic heterocycles. The van der Waals surface area contributed by atoms with Crippen LogP contribution in [0.25, 0.3) is 0 Å². The van der Waals surface area contributed by atoms with Crippen molar-refractivity contribution in [3.63, 3.8) is 0 Å². The summed E-state index contributed by atoms with van der Waals surface area (Å²) in [5, 5.41) is 0. The SMILES string of the molecule is CCC(C)(CC)CC[C@@](C)(F)CC. The molecular formula is C12H25F. The van der Waals surface area contributed by atoms with Gasteiger partial charge in [-0.3, -0.25) is 0 Å². The maximum atomic E-state index is 13.6. The van der Waals surface area contributed by atoms with Crippen LogP contribution < -0.4 is 0 Å². The average Bonchev–Trinajstić information content (AvgIpc) is 2.14. The van der Waals surface area contributed by atoms with Gasteiger partial charge in [-0.25, -0.2) is 4.39 Å². The van der Waals surface area contributed by atoms with Crippen LogP contribution in [-0.4, -0.2) is 5.67 Å². The Morgan fingerprint density at radius 3 is 1.62 bits per heavy atom. The fraction of sp³-hybridized carbons (Fsp3) is 1.00. The van der Waals surface area contributed by atoms with Crippen molar-refractivity contribution in [2.45, 2.75) is 72.4 Å². The van der Waals surface area contributed by atoms with Crippen molar-refractivity contribution in [1.29, 1.82) is 0 Å². The van der Waals surface area contributed by atoms with Gasteiger partial charge in [-0.05, 0) is 31.6 Å². The molecule has 0 aliphatic rings. The summed E-state index contributed by atoms with van der Waals surface area (Å²) in [4.78, 5) is 0. The normalized spacial score (nSPS) is 17.1. The fourth-order valence-corrected chi connectivity index (χ4v) is 1.34. The van der Waals surface area contributed by atoms with E-state index in [-0.39, 0.29) is 0 Å². The molecule has 13 heavy (non-hydrogen) atoms. The zero-order valence-electron chi connectivity index (χ0n) is 9.91. The summed E-state index contributed by atoms with van der Waals surface area (Å²) < 4.78 is 13.6. The molecular weight excluding hydrogens is 163 g/mol. The van der Waals surface area contributed by atoms with Crippen molar-refractivity contribution in [2.75, 3.05) is 0 Å². The molecule has 0 rings (SSSR count). The summed E-state index contributed by atoms with van der Waals surface area (Å²) in [7, 11) is 0. The van der Waals surface area contributed by atoms with Gasteiger partial charge in [0.2, 0.25) is 0 Å². The minimum Gasteiger partial charge on any atom is -0.244 e. The first-order chi connectivity index (χ1) is 5.89. The Hall–Kier alpha value is -0.0700. The van der Waals surface area contributed by atoms with E-state index in [0.29, 0.717) is 18.3 Å². The molecule has 0 aromatic carbocycles. The number of halogens is 1. The van der Waals surface area contributed by atoms with Gasteiger partial charge in [0.1, 0.15) is 5.67 Å². The highest BCUT2D eigenvalue weighted by Gasteiger charge is 2.26. The zero-order valence-corrected chi connectivity index (χ0v) is 9.91. The molecule has 0 aromatic heterocycles. The smallest absolute Gasteiger partial charge is 0.108 e. The topological polar surface area (TPSA) is 0 Å². The van der Waals surface area contributed by atoms with Crippen molar-refractivity contribution in [3.8, 4) is 0 Å². The van der Waals surface area contributed by atoms with E-state index in [1.54, 1.807) is 6.92 Å². The molecule has 0 N–H and O–H groups in total. The van der Waals surface area contributed by atoms with Gasteiger partial charge in [-0.1, -0.05) is 40.5 Å². The van der Waals surface area contributed by atoms with Gasteiger partial charge < -0.3 is 0 Å². The lowest BCUT2D eigenvalue weighted by atomic mass is 9.78. The van der Waals surface area contributed by atoms with E-state index in [0.717, 1.165) is 19.3 Å². The lowest BCUT2D eigenvalue weighted by Crippen LogP contribution is -2.22. The van der Waals surface area contributed by atoms with Crippen molar-refractivity contribution in [1.82, 2.24) is 0 Å². The molecule has 0 heterocycles. The van der Waals surface area contributed by atoms with Crippen molar-refractivity contribution < 1.29 is 4.39 Å². The van der Waals surface area contributed by atoms with Gasteiger partial charge in [-0.15, -0.1) is 0 Å². The summed E-state index contributed by atoms with van der Waals surface area (Å²) in [6.07, 6.45) is 4.67. The Kier molecular flexibility index (Phi) is 4.95. The van der Waals surface area contributed by atoms with Gasteiger partial charge in [0.15, 0.2) is 0 Å². The minimum absolute atomic E-state index is 0.350. The van der Waals surface area contributed by atoms with Gasteiger partial charge in [0, 0.05) is 0 Å². The third kappa shape index (κ3) is 4.64. The van der Waals surface area contributed by atoms with E-state index >= 15 is 0 Å². The van der Waals surface area contributed by atoms with Gasteiger partial charge >= 0.3 is 0 Å². The molecule has 0 saturated carbocycles. The largest absolute Gasteiger partial charge is 0.244 e. The Bertz CT molecular complexity index is 134. The molecule has 0 saturated heterocycles. The summed E-state index contributed by atoms with van der Waals surface area (Å²) in [6, 6.07) is 0. The van der Waals surface area contributed by atoms with Crippen LogP contribution >= 0.6 is 0 Å². The second-order valence-electron chi connectivity index (χ2n) is 4.78. The van der Waals surface area contributed by atoms with Gasteiger partial charge in [0.25, 0.3) is 0 Å². The Labute approximate surface area is 82.9 Å². The highest BCUT2D eigenvalue weighted by molar-refractivity contribution is 4.78. The number of alkyl halides is 1. The Morgan fingerprint density at radius 1 is 0.846 bits per heavy atom. The minimum atomic E-state index is -0.953. The van der Waals surface area contributed by atoms with E-state index in [9.17, 15) is 4.39 Å². The zero-order chi connectivity index (χ0) is 10.5.